The third kappa shape index (κ3) is 3.84. The Balaban J connectivity index is 1.22. The Morgan fingerprint density at radius 3 is 2.53 bits per heavy atom. The highest BCUT2D eigenvalue weighted by molar-refractivity contribution is 6.04. The van der Waals surface area contributed by atoms with E-state index in [2.05, 4.69) is 15.5 Å². The van der Waals surface area contributed by atoms with E-state index in [1.165, 1.54) is 6.26 Å². The van der Waals surface area contributed by atoms with Crippen LogP contribution in [0.15, 0.2) is 41.0 Å². The number of hydrogen-bond donors (Lipinski definition) is 2. The molecule has 1 aromatic carbocycles. The Labute approximate surface area is 184 Å². The highest BCUT2D eigenvalue weighted by Crippen LogP contribution is 2.20. The third-order valence-electron chi connectivity index (χ3n) is 5.99. The van der Waals surface area contributed by atoms with Crippen LogP contribution in [0, 0.1) is 0 Å². The third-order valence-corrected chi connectivity index (χ3v) is 5.99. The summed E-state index contributed by atoms with van der Waals surface area (Å²) in [7, 11) is 0. The summed E-state index contributed by atoms with van der Waals surface area (Å²) >= 11 is 0. The maximum Gasteiger partial charge on any atom is 0.275 e. The van der Waals surface area contributed by atoms with E-state index in [-0.39, 0.29) is 24.3 Å². The number of furan rings is 1. The number of para-hydroxylation sites is 1. The Morgan fingerprint density at radius 2 is 1.75 bits per heavy atom. The number of benzene rings is 1. The number of carbonyl (C=O) groups excluding carboxylic acids is 3. The van der Waals surface area contributed by atoms with Crippen molar-refractivity contribution in [3.05, 3.63) is 53.6 Å². The second-order valence-electron chi connectivity index (χ2n) is 8.02. The molecule has 2 N–H and O–H groups in total. The van der Waals surface area contributed by atoms with Crippen LogP contribution in [0.3, 0.4) is 0 Å². The molecule has 5 rings (SSSR count). The largest absolute Gasteiger partial charge is 0.467 e. The van der Waals surface area contributed by atoms with E-state index in [9.17, 15) is 14.4 Å². The Morgan fingerprint density at radius 1 is 1.00 bits per heavy atom. The van der Waals surface area contributed by atoms with Gasteiger partial charge in [0.2, 0.25) is 5.91 Å². The van der Waals surface area contributed by atoms with Gasteiger partial charge in [0.1, 0.15) is 5.76 Å². The maximum atomic E-state index is 13.1. The number of fused-ring (bicyclic) bond motifs is 1. The molecular formula is C22H24N6O4. The van der Waals surface area contributed by atoms with Gasteiger partial charge < -0.3 is 19.5 Å². The van der Waals surface area contributed by atoms with Gasteiger partial charge in [-0.2, -0.15) is 5.10 Å². The molecule has 10 nitrogen and oxygen atoms in total. The lowest BCUT2D eigenvalue weighted by atomic mass is 10.1. The van der Waals surface area contributed by atoms with Gasteiger partial charge in [0.15, 0.2) is 5.69 Å². The molecule has 4 heterocycles. The predicted molar refractivity (Wildman–Crippen MR) is 115 cm³/mol. The van der Waals surface area contributed by atoms with Crippen molar-refractivity contribution < 1.29 is 18.8 Å². The molecule has 3 amide bonds. The molecule has 32 heavy (non-hydrogen) atoms. The van der Waals surface area contributed by atoms with Crippen molar-refractivity contribution >= 4 is 28.6 Å². The van der Waals surface area contributed by atoms with Crippen molar-refractivity contribution in [3.63, 3.8) is 0 Å². The van der Waals surface area contributed by atoms with Crippen LogP contribution in [0.25, 0.3) is 10.9 Å². The van der Waals surface area contributed by atoms with E-state index in [0.717, 1.165) is 10.9 Å². The highest BCUT2D eigenvalue weighted by Gasteiger charge is 2.29. The molecule has 166 valence electrons. The maximum absolute atomic E-state index is 13.1. The average Bonchev–Trinajstić information content (AvgIpc) is 3.45. The summed E-state index contributed by atoms with van der Waals surface area (Å²) in [5.41, 5.74) is 1.74. The predicted octanol–water partition coefficient (Wildman–Crippen LogP) is 0.686. The van der Waals surface area contributed by atoms with Gasteiger partial charge in [-0.3, -0.25) is 24.4 Å². The van der Waals surface area contributed by atoms with Crippen molar-refractivity contribution in [2.75, 3.05) is 45.8 Å². The lowest BCUT2D eigenvalue weighted by Crippen LogP contribution is -2.51. The Bertz CT molecular complexity index is 1160. The number of carbonyl (C=O) groups is 3. The van der Waals surface area contributed by atoms with Gasteiger partial charge >= 0.3 is 0 Å². The Kier molecular flexibility index (Phi) is 5.36. The topological polar surface area (TPSA) is 115 Å². The van der Waals surface area contributed by atoms with Gasteiger partial charge in [0.05, 0.1) is 30.4 Å². The second-order valence-corrected chi connectivity index (χ2v) is 8.02. The molecule has 2 aliphatic heterocycles. The fourth-order valence-corrected chi connectivity index (χ4v) is 4.24. The van der Waals surface area contributed by atoms with Crippen molar-refractivity contribution in [2.45, 2.75) is 6.54 Å². The lowest BCUT2D eigenvalue weighted by Gasteiger charge is -2.34. The summed E-state index contributed by atoms with van der Waals surface area (Å²) in [4.78, 5) is 43.1. The van der Waals surface area contributed by atoms with E-state index in [4.69, 9.17) is 4.42 Å². The van der Waals surface area contributed by atoms with Crippen LogP contribution in [0.1, 0.15) is 26.6 Å². The van der Waals surface area contributed by atoms with Crippen LogP contribution in [0.4, 0.5) is 0 Å². The number of nitrogens with one attached hydrogen (secondary N) is 2. The zero-order valence-electron chi connectivity index (χ0n) is 17.5. The van der Waals surface area contributed by atoms with Crippen LogP contribution >= 0.6 is 0 Å². The van der Waals surface area contributed by atoms with Crippen molar-refractivity contribution in [1.82, 2.24) is 30.2 Å². The first-order valence-electron chi connectivity index (χ1n) is 10.7. The minimum Gasteiger partial charge on any atom is -0.467 e. The van der Waals surface area contributed by atoms with Crippen molar-refractivity contribution in [1.29, 1.82) is 0 Å². The Hall–Kier alpha value is -3.66. The molecular weight excluding hydrogens is 412 g/mol. The number of nitrogens with zero attached hydrogens (tertiary/aromatic N) is 4. The fraction of sp³-hybridized carbons (Fsp3) is 0.364. The second kappa shape index (κ2) is 8.46. The molecule has 2 aromatic heterocycles. The number of rotatable bonds is 4. The summed E-state index contributed by atoms with van der Waals surface area (Å²) in [5, 5.41) is 10.7. The smallest absolute Gasteiger partial charge is 0.275 e. The first-order valence-corrected chi connectivity index (χ1v) is 10.7. The van der Waals surface area contributed by atoms with Gasteiger partial charge in [-0.15, -0.1) is 0 Å². The monoisotopic (exact) mass is 436 g/mol. The molecule has 0 radical (unpaired) electrons. The standard InChI is InChI=1S/C22H24N6O4/c29-19-14-26(7-6-23-19)13-18-16(5-12-32-18)21(30)27-8-10-28(11-9-27)22(31)20-15-3-1-2-4-17(15)24-25-20/h1-5,12H,6-11,13-14H2,(H,23,29)(H,24,25). The molecule has 0 unspecified atom stereocenters. The quantitative estimate of drug-likeness (QED) is 0.622. The van der Waals surface area contributed by atoms with Crippen LogP contribution in [0.5, 0.6) is 0 Å². The SMILES string of the molecule is O=C1CN(Cc2occc2C(=O)N2CCN(C(=O)c3n[nH]c4ccccc34)CC2)CCN1. The minimum atomic E-state index is -0.137. The van der Waals surface area contributed by atoms with E-state index in [1.807, 2.05) is 29.2 Å². The van der Waals surface area contributed by atoms with Gasteiger partial charge in [0, 0.05) is 44.7 Å². The minimum absolute atomic E-state index is 0.0267. The zero-order valence-corrected chi connectivity index (χ0v) is 17.5. The number of aromatic amines is 1. The summed E-state index contributed by atoms with van der Waals surface area (Å²) in [6.07, 6.45) is 1.51. The molecule has 10 heteroatoms. The van der Waals surface area contributed by atoms with Gasteiger partial charge in [-0.25, -0.2) is 0 Å². The van der Waals surface area contributed by atoms with Gasteiger partial charge in [0.25, 0.3) is 11.8 Å². The molecule has 3 aromatic rings. The average molecular weight is 436 g/mol. The van der Waals surface area contributed by atoms with Gasteiger partial charge in [-0.05, 0) is 12.1 Å². The molecule has 2 saturated heterocycles. The molecule has 0 atom stereocenters. The number of hydrogen-bond acceptors (Lipinski definition) is 6. The van der Waals surface area contributed by atoms with Crippen LogP contribution in [0.2, 0.25) is 0 Å². The number of aromatic nitrogens is 2. The summed E-state index contributed by atoms with van der Waals surface area (Å²) in [6.45, 7) is 3.74. The van der Waals surface area contributed by atoms with E-state index in [1.54, 1.807) is 15.9 Å². The molecule has 2 aliphatic rings. The summed E-state index contributed by atoms with van der Waals surface area (Å²) in [5.74, 6) is 0.279. The van der Waals surface area contributed by atoms with Crippen LogP contribution in [-0.4, -0.2) is 88.4 Å². The number of piperazine rings is 2. The first-order chi connectivity index (χ1) is 15.6. The number of H-pyrrole nitrogens is 1. The van der Waals surface area contributed by atoms with Crippen LogP contribution in [-0.2, 0) is 11.3 Å². The normalized spacial score (nSPS) is 17.6. The number of amides is 3. The molecule has 0 saturated carbocycles. The molecule has 0 spiro atoms. The lowest BCUT2D eigenvalue weighted by molar-refractivity contribution is -0.124. The molecule has 2 fully saturated rings. The van der Waals surface area contributed by atoms with E-state index < -0.39 is 0 Å². The van der Waals surface area contributed by atoms with Gasteiger partial charge in [-0.1, -0.05) is 18.2 Å². The molecule has 0 bridgehead atoms. The highest BCUT2D eigenvalue weighted by atomic mass is 16.3. The van der Waals surface area contributed by atoms with E-state index >= 15 is 0 Å². The first kappa shape index (κ1) is 20.3. The summed E-state index contributed by atoms with van der Waals surface area (Å²) in [6, 6.07) is 9.20. The van der Waals surface area contributed by atoms with Crippen LogP contribution < -0.4 is 5.32 Å². The fourth-order valence-electron chi connectivity index (χ4n) is 4.24. The molecule has 0 aliphatic carbocycles. The zero-order chi connectivity index (χ0) is 22.1. The van der Waals surface area contributed by atoms with Crippen molar-refractivity contribution in [2.24, 2.45) is 0 Å². The van der Waals surface area contributed by atoms with Crippen molar-refractivity contribution in [3.8, 4) is 0 Å². The summed E-state index contributed by atoms with van der Waals surface area (Å²) < 4.78 is 5.57. The van der Waals surface area contributed by atoms with E-state index in [0.29, 0.717) is 62.8 Å².